The molecule has 19 heavy (non-hydrogen) atoms. The lowest BCUT2D eigenvalue weighted by Gasteiger charge is -2.19. The molecular formula is C14H12Cl2O2S. The van der Waals surface area contributed by atoms with Crippen LogP contribution in [0.5, 0.6) is 11.5 Å². The Morgan fingerprint density at radius 1 is 1.16 bits per heavy atom. The second-order valence-corrected chi connectivity index (χ2v) is 6.49. The second kappa shape index (κ2) is 5.23. The Kier molecular flexibility index (Phi) is 3.61. The third kappa shape index (κ3) is 2.55. The highest BCUT2D eigenvalue weighted by molar-refractivity contribution is 7.16. The molecule has 0 bridgehead atoms. The largest absolute Gasteiger partial charge is 0.486 e. The summed E-state index contributed by atoms with van der Waals surface area (Å²) in [6.07, 6.45) is 0. The first-order chi connectivity index (χ1) is 9.15. The molecule has 1 aliphatic heterocycles. The van der Waals surface area contributed by atoms with E-state index in [1.807, 2.05) is 31.2 Å². The monoisotopic (exact) mass is 314 g/mol. The van der Waals surface area contributed by atoms with Gasteiger partial charge in [0.15, 0.2) is 11.5 Å². The third-order valence-electron chi connectivity index (χ3n) is 2.98. The van der Waals surface area contributed by atoms with Gasteiger partial charge in [-0.05, 0) is 36.2 Å². The molecule has 0 saturated carbocycles. The van der Waals surface area contributed by atoms with Gasteiger partial charge in [-0.25, -0.2) is 0 Å². The van der Waals surface area contributed by atoms with Crippen LogP contribution in [0.25, 0.3) is 0 Å². The van der Waals surface area contributed by atoms with Gasteiger partial charge in [-0.3, -0.25) is 0 Å². The molecule has 0 fully saturated rings. The summed E-state index contributed by atoms with van der Waals surface area (Å²) in [5.74, 6) is 1.54. The number of hydrogen-bond donors (Lipinski definition) is 0. The summed E-state index contributed by atoms with van der Waals surface area (Å²) in [5, 5.41) is -0.216. The zero-order valence-electron chi connectivity index (χ0n) is 10.3. The Bertz CT molecular complexity index is 590. The van der Waals surface area contributed by atoms with Crippen molar-refractivity contribution in [3.05, 3.63) is 44.6 Å². The summed E-state index contributed by atoms with van der Waals surface area (Å²) in [6, 6.07) is 7.84. The maximum atomic E-state index is 6.51. The van der Waals surface area contributed by atoms with Gasteiger partial charge in [-0.15, -0.1) is 22.9 Å². The zero-order valence-corrected chi connectivity index (χ0v) is 12.6. The molecule has 2 nitrogen and oxygen atoms in total. The number of alkyl halides is 1. The van der Waals surface area contributed by atoms with Crippen molar-refractivity contribution in [3.8, 4) is 11.5 Å². The van der Waals surface area contributed by atoms with Crippen LogP contribution in [-0.4, -0.2) is 13.2 Å². The van der Waals surface area contributed by atoms with Crippen LogP contribution in [0.2, 0.25) is 4.34 Å². The van der Waals surface area contributed by atoms with E-state index in [1.54, 1.807) is 0 Å². The summed E-state index contributed by atoms with van der Waals surface area (Å²) in [7, 11) is 0. The maximum absolute atomic E-state index is 6.51. The SMILES string of the molecule is Cc1cc(C(Cl)c2ccc3c(c2)OCCO3)sc1Cl. The molecule has 0 N–H and O–H groups in total. The molecule has 1 aromatic heterocycles. The molecular weight excluding hydrogens is 303 g/mol. The number of rotatable bonds is 2. The van der Waals surface area contributed by atoms with Crippen LogP contribution in [0.15, 0.2) is 24.3 Å². The third-order valence-corrected chi connectivity index (χ3v) is 5.22. The van der Waals surface area contributed by atoms with Crippen LogP contribution in [0.4, 0.5) is 0 Å². The summed E-state index contributed by atoms with van der Waals surface area (Å²) in [5.41, 5.74) is 2.05. The average Bonchev–Trinajstić information content (AvgIpc) is 2.77. The van der Waals surface area contributed by atoms with E-state index in [1.165, 1.54) is 11.3 Å². The molecule has 0 aliphatic carbocycles. The van der Waals surface area contributed by atoms with E-state index in [4.69, 9.17) is 32.7 Å². The summed E-state index contributed by atoms with van der Waals surface area (Å²) in [4.78, 5) is 1.04. The normalized spacial score (nSPS) is 15.3. The van der Waals surface area contributed by atoms with Crippen LogP contribution < -0.4 is 9.47 Å². The number of halogens is 2. The van der Waals surface area contributed by atoms with Crippen LogP contribution in [0, 0.1) is 6.92 Å². The van der Waals surface area contributed by atoms with Crippen LogP contribution in [0.3, 0.4) is 0 Å². The van der Waals surface area contributed by atoms with Crippen LogP contribution >= 0.6 is 34.5 Å². The Morgan fingerprint density at radius 2 is 1.89 bits per heavy atom. The Morgan fingerprint density at radius 3 is 2.58 bits per heavy atom. The lowest BCUT2D eigenvalue weighted by Crippen LogP contribution is -2.15. The van der Waals surface area contributed by atoms with Crippen molar-refractivity contribution in [1.29, 1.82) is 0 Å². The number of benzene rings is 1. The fraction of sp³-hybridized carbons (Fsp3) is 0.286. The van der Waals surface area contributed by atoms with E-state index in [0.29, 0.717) is 13.2 Å². The molecule has 1 atom stereocenters. The molecule has 0 amide bonds. The van der Waals surface area contributed by atoms with Gasteiger partial charge >= 0.3 is 0 Å². The first-order valence-electron chi connectivity index (χ1n) is 5.94. The number of hydrogen-bond acceptors (Lipinski definition) is 3. The number of aryl methyl sites for hydroxylation is 1. The van der Waals surface area contributed by atoms with Gasteiger partial charge in [0.05, 0.1) is 9.71 Å². The number of fused-ring (bicyclic) bond motifs is 1. The van der Waals surface area contributed by atoms with Gasteiger partial charge in [0, 0.05) is 4.88 Å². The molecule has 0 saturated heterocycles. The second-order valence-electron chi connectivity index (χ2n) is 4.37. The molecule has 2 aromatic rings. The van der Waals surface area contributed by atoms with Gasteiger partial charge < -0.3 is 9.47 Å². The van der Waals surface area contributed by atoms with Crippen molar-refractivity contribution in [2.75, 3.05) is 13.2 Å². The van der Waals surface area contributed by atoms with Crippen molar-refractivity contribution in [2.24, 2.45) is 0 Å². The number of thiophene rings is 1. The van der Waals surface area contributed by atoms with Crippen molar-refractivity contribution in [2.45, 2.75) is 12.3 Å². The minimum atomic E-state index is -0.216. The van der Waals surface area contributed by atoms with E-state index in [2.05, 4.69) is 0 Å². The smallest absolute Gasteiger partial charge is 0.161 e. The summed E-state index contributed by atoms with van der Waals surface area (Å²) >= 11 is 14.1. The van der Waals surface area contributed by atoms with E-state index in [0.717, 1.165) is 31.8 Å². The van der Waals surface area contributed by atoms with E-state index in [9.17, 15) is 0 Å². The quantitative estimate of drug-likeness (QED) is 0.741. The molecule has 1 aromatic carbocycles. The minimum absolute atomic E-state index is 0.216. The fourth-order valence-corrected chi connectivity index (χ4v) is 3.55. The summed E-state index contributed by atoms with van der Waals surface area (Å²) in [6.45, 7) is 3.15. The van der Waals surface area contributed by atoms with Crippen LogP contribution in [0.1, 0.15) is 21.4 Å². The van der Waals surface area contributed by atoms with Gasteiger partial charge in [-0.2, -0.15) is 0 Å². The highest BCUT2D eigenvalue weighted by Crippen LogP contribution is 2.40. The Balaban J connectivity index is 1.93. The topological polar surface area (TPSA) is 18.5 Å². The number of ether oxygens (including phenoxy) is 2. The van der Waals surface area contributed by atoms with Gasteiger partial charge in [0.2, 0.25) is 0 Å². The molecule has 2 heterocycles. The zero-order chi connectivity index (χ0) is 13.4. The molecule has 100 valence electrons. The Hall–Kier alpha value is -0.900. The van der Waals surface area contributed by atoms with E-state index < -0.39 is 0 Å². The summed E-state index contributed by atoms with van der Waals surface area (Å²) < 4.78 is 11.9. The first-order valence-corrected chi connectivity index (χ1v) is 7.57. The average molecular weight is 315 g/mol. The molecule has 1 aliphatic rings. The van der Waals surface area contributed by atoms with Gasteiger partial charge in [0.25, 0.3) is 0 Å². The maximum Gasteiger partial charge on any atom is 0.161 e. The first kappa shape index (κ1) is 13.1. The predicted molar refractivity (Wildman–Crippen MR) is 79.2 cm³/mol. The lowest BCUT2D eigenvalue weighted by atomic mass is 10.1. The van der Waals surface area contributed by atoms with Crippen molar-refractivity contribution in [1.82, 2.24) is 0 Å². The highest BCUT2D eigenvalue weighted by Gasteiger charge is 2.18. The highest BCUT2D eigenvalue weighted by atomic mass is 35.5. The van der Waals surface area contributed by atoms with Gasteiger partial charge in [-0.1, -0.05) is 17.7 Å². The Labute approximate surface area is 125 Å². The molecule has 3 rings (SSSR count). The molecule has 5 heteroatoms. The lowest BCUT2D eigenvalue weighted by molar-refractivity contribution is 0.171. The molecule has 0 radical (unpaired) electrons. The van der Waals surface area contributed by atoms with Crippen molar-refractivity contribution < 1.29 is 9.47 Å². The predicted octanol–water partition coefficient (Wildman–Crippen LogP) is 4.81. The van der Waals surface area contributed by atoms with Crippen molar-refractivity contribution in [3.63, 3.8) is 0 Å². The fourth-order valence-electron chi connectivity index (χ4n) is 1.99. The van der Waals surface area contributed by atoms with E-state index in [-0.39, 0.29) is 5.38 Å². The molecule has 1 unspecified atom stereocenters. The van der Waals surface area contributed by atoms with Gasteiger partial charge in [0.1, 0.15) is 13.2 Å². The standard InChI is InChI=1S/C14H12Cl2O2S/c1-8-6-12(19-14(8)16)13(15)9-2-3-10-11(7-9)18-5-4-17-10/h2-3,6-7,13H,4-5H2,1H3. The van der Waals surface area contributed by atoms with E-state index >= 15 is 0 Å². The van der Waals surface area contributed by atoms with Crippen LogP contribution in [-0.2, 0) is 0 Å². The van der Waals surface area contributed by atoms with Crippen molar-refractivity contribution >= 4 is 34.5 Å². The minimum Gasteiger partial charge on any atom is -0.486 e. The molecule has 0 spiro atoms.